The average Bonchev–Trinajstić information content (AvgIpc) is 3.78. The Labute approximate surface area is 353 Å². The number of nitrogens with zero attached hydrogens (tertiary/aromatic N) is 1. The maximum Gasteiger partial charge on any atom is 0.159 e. The van der Waals surface area contributed by atoms with E-state index in [0.717, 1.165) is 60.8 Å². The summed E-state index contributed by atoms with van der Waals surface area (Å²) in [7, 11) is 0. The summed E-state index contributed by atoms with van der Waals surface area (Å²) in [6.07, 6.45) is 0. The summed E-state index contributed by atoms with van der Waals surface area (Å²) in [5.41, 5.74) is 7.62. The van der Waals surface area contributed by atoms with Crippen LogP contribution in [0.2, 0.25) is 0 Å². The van der Waals surface area contributed by atoms with Crippen LogP contribution < -0.4 is 4.90 Å². The molecule has 0 atom stereocenters. The topological polar surface area (TPSA) is 16.4 Å². The van der Waals surface area contributed by atoms with Gasteiger partial charge < -0.3 is 9.32 Å². The van der Waals surface area contributed by atoms with E-state index in [2.05, 4.69) is 53.4 Å². The Balaban J connectivity index is 1.14. The summed E-state index contributed by atoms with van der Waals surface area (Å²) in [5.74, 6) is 0. The Morgan fingerprint density at radius 2 is 0.948 bits per heavy atom. The Morgan fingerprint density at radius 3 is 1.71 bits per heavy atom. The Morgan fingerprint density at radius 1 is 0.345 bits per heavy atom. The van der Waals surface area contributed by atoms with Crippen LogP contribution in [0.3, 0.4) is 0 Å². The first kappa shape index (κ1) is 24.1. The minimum absolute atomic E-state index is 0.0261. The van der Waals surface area contributed by atoms with Crippen LogP contribution in [0.1, 0.15) is 15.1 Å². The lowest BCUT2D eigenvalue weighted by Crippen LogP contribution is -2.10. The third-order valence-electron chi connectivity index (χ3n) is 10.7. The summed E-state index contributed by atoms with van der Waals surface area (Å²) in [6.45, 7) is 0. The maximum atomic E-state index is 9.44. The van der Waals surface area contributed by atoms with Gasteiger partial charge >= 0.3 is 0 Å². The smallest absolute Gasteiger partial charge is 0.159 e. The van der Waals surface area contributed by atoms with Crippen molar-refractivity contribution < 1.29 is 19.5 Å². The molecule has 0 saturated heterocycles. The van der Waals surface area contributed by atoms with E-state index >= 15 is 0 Å². The number of fused-ring (bicyclic) bond motifs is 6. The number of furan rings is 1. The minimum atomic E-state index is -0.652. The van der Waals surface area contributed by atoms with Crippen LogP contribution in [0, 0.1) is 0 Å². The summed E-state index contributed by atoms with van der Waals surface area (Å²) < 4.78 is 104. The van der Waals surface area contributed by atoms with Gasteiger partial charge in [0.05, 0.1) is 20.8 Å². The van der Waals surface area contributed by atoms with E-state index in [4.69, 9.17) is 18.1 Å². The van der Waals surface area contributed by atoms with Gasteiger partial charge in [0.1, 0.15) is 5.58 Å². The van der Waals surface area contributed by atoms with Crippen LogP contribution in [0.25, 0.3) is 88.0 Å². The molecule has 2 heteroatoms. The molecule has 0 saturated carbocycles. The van der Waals surface area contributed by atoms with Gasteiger partial charge in [-0.3, -0.25) is 0 Å². The monoisotopic (exact) mass is 750 g/mol. The van der Waals surface area contributed by atoms with Crippen molar-refractivity contribution in [3.8, 4) is 44.5 Å². The van der Waals surface area contributed by atoms with E-state index in [1.807, 2.05) is 97.1 Å². The maximum absolute atomic E-state index is 9.44. The second-order valence-corrected chi connectivity index (χ2v) is 14.0. The molecule has 0 aliphatic rings. The molecule has 0 fully saturated rings. The van der Waals surface area contributed by atoms with E-state index in [-0.39, 0.29) is 27.5 Å². The van der Waals surface area contributed by atoms with Crippen LogP contribution >= 0.6 is 0 Å². The van der Waals surface area contributed by atoms with Crippen molar-refractivity contribution in [1.29, 1.82) is 0 Å². The number of rotatable bonds is 7. The van der Waals surface area contributed by atoms with Crippen molar-refractivity contribution in [2.75, 3.05) is 4.90 Å². The normalized spacial score (nSPS) is 14.1. The van der Waals surface area contributed by atoms with Gasteiger partial charge in [-0.25, -0.2) is 0 Å². The average molecular weight is 751 g/mol. The standard InChI is InChI=1S/C56H37NO/c1-3-14-38(15-4-1)46-20-11-12-21-47(46)41-26-32-44(33-27-41)57(53-25-13-24-51-52-37-31-40-17-8-10-23-50(40)55(52)58-56(51)53)45-34-28-42(29-35-45)49-36-30-39-16-7-9-22-48(39)54(49)43-18-5-2-6-19-43/h1-37H/i2D,5D,6D,7D,9D,16D,18D,19D,22D,30D,36D. The highest BCUT2D eigenvalue weighted by Gasteiger charge is 2.21. The van der Waals surface area contributed by atoms with Gasteiger partial charge in [-0.2, -0.15) is 0 Å². The Bertz CT molecular complexity index is 3880. The van der Waals surface area contributed by atoms with Gasteiger partial charge in [0.2, 0.25) is 0 Å². The van der Waals surface area contributed by atoms with E-state index in [1.165, 1.54) is 0 Å². The van der Waals surface area contributed by atoms with E-state index in [9.17, 15) is 1.37 Å². The first-order chi connectivity index (χ1) is 33.3. The fourth-order valence-corrected chi connectivity index (χ4v) is 8.03. The zero-order chi connectivity index (χ0) is 48.0. The summed E-state index contributed by atoms with van der Waals surface area (Å²) in [6, 6.07) is 45.6. The van der Waals surface area contributed by atoms with Gasteiger partial charge in [-0.1, -0.05) is 188 Å². The van der Waals surface area contributed by atoms with E-state index < -0.39 is 66.5 Å². The first-order valence-electron chi connectivity index (χ1n) is 24.4. The molecule has 0 amide bonds. The number of anilines is 3. The molecule has 0 aliphatic carbocycles. The Hall–Kier alpha value is -7.68. The SMILES string of the molecule is [2H]c1c([2H])c([2H])c(-c2c(-c3ccc(N(c4ccc(-c5ccccc5-c5ccccc5)cc4)c4cccc5c4oc4c6ccccc6ccc54)cc3)c([2H])c([2H])c3c([2H])c([2H])c([2H])c([2H])c23)c([2H])c1[2H]. The molecule has 10 aromatic carbocycles. The summed E-state index contributed by atoms with van der Waals surface area (Å²) >= 11 is 0. The lowest BCUT2D eigenvalue weighted by molar-refractivity contribution is 0.673. The molecule has 0 radical (unpaired) electrons. The highest BCUT2D eigenvalue weighted by Crippen LogP contribution is 2.45. The largest absolute Gasteiger partial charge is 0.453 e. The van der Waals surface area contributed by atoms with Crippen molar-refractivity contribution in [2.24, 2.45) is 0 Å². The van der Waals surface area contributed by atoms with Crippen LogP contribution in [0.15, 0.2) is 229 Å². The van der Waals surface area contributed by atoms with Gasteiger partial charge in [0.25, 0.3) is 0 Å². The quantitative estimate of drug-likeness (QED) is 0.161. The number of hydrogen-bond acceptors (Lipinski definition) is 2. The highest BCUT2D eigenvalue weighted by molar-refractivity contribution is 6.17. The summed E-state index contributed by atoms with van der Waals surface area (Å²) in [5, 5.41) is 3.37. The summed E-state index contributed by atoms with van der Waals surface area (Å²) in [4.78, 5) is 2.06. The molecule has 0 spiro atoms. The van der Waals surface area contributed by atoms with Crippen molar-refractivity contribution in [2.45, 2.75) is 0 Å². The lowest BCUT2D eigenvalue weighted by Gasteiger charge is -2.26. The molecule has 11 rings (SSSR count). The fraction of sp³-hybridized carbons (Fsp3) is 0. The molecule has 11 aromatic rings. The predicted molar refractivity (Wildman–Crippen MR) is 245 cm³/mol. The van der Waals surface area contributed by atoms with Gasteiger partial charge in [0.15, 0.2) is 5.58 Å². The van der Waals surface area contributed by atoms with Crippen LogP contribution in [-0.2, 0) is 0 Å². The van der Waals surface area contributed by atoms with E-state index in [0.29, 0.717) is 16.8 Å². The zero-order valence-electron chi connectivity index (χ0n) is 41.9. The van der Waals surface area contributed by atoms with Crippen molar-refractivity contribution in [3.05, 3.63) is 224 Å². The van der Waals surface area contributed by atoms with Gasteiger partial charge in [0, 0.05) is 27.5 Å². The van der Waals surface area contributed by atoms with Crippen molar-refractivity contribution in [3.63, 3.8) is 0 Å². The zero-order valence-corrected chi connectivity index (χ0v) is 30.9. The van der Waals surface area contributed by atoms with E-state index in [1.54, 1.807) is 12.1 Å². The molecule has 0 N–H and O–H groups in total. The highest BCUT2D eigenvalue weighted by atomic mass is 16.3. The second kappa shape index (κ2) is 14.1. The third kappa shape index (κ3) is 5.74. The van der Waals surface area contributed by atoms with Gasteiger partial charge in [-0.15, -0.1) is 0 Å². The molecule has 1 aromatic heterocycles. The molecule has 0 unspecified atom stereocenters. The number of hydrogen-bond donors (Lipinski definition) is 0. The first-order valence-corrected chi connectivity index (χ1v) is 18.9. The molecule has 58 heavy (non-hydrogen) atoms. The number of benzene rings is 10. The van der Waals surface area contributed by atoms with Crippen molar-refractivity contribution >= 4 is 60.5 Å². The van der Waals surface area contributed by atoms with Crippen LogP contribution in [-0.4, -0.2) is 0 Å². The predicted octanol–water partition coefficient (Wildman–Crippen LogP) is 16.0. The lowest BCUT2D eigenvalue weighted by atomic mass is 9.90. The molecule has 2 nitrogen and oxygen atoms in total. The third-order valence-corrected chi connectivity index (χ3v) is 10.7. The Kier molecular flexibility index (Phi) is 5.86. The molecule has 0 aliphatic heterocycles. The second-order valence-electron chi connectivity index (χ2n) is 14.0. The van der Waals surface area contributed by atoms with Crippen LogP contribution in [0.5, 0.6) is 0 Å². The molecule has 0 bridgehead atoms. The minimum Gasteiger partial charge on any atom is -0.453 e. The molecular weight excluding hydrogens is 703 g/mol. The molecular formula is C56H37NO. The fourth-order valence-electron chi connectivity index (χ4n) is 8.03. The number of para-hydroxylation sites is 1. The van der Waals surface area contributed by atoms with Crippen LogP contribution in [0.4, 0.5) is 17.1 Å². The van der Waals surface area contributed by atoms with Crippen molar-refractivity contribution in [1.82, 2.24) is 0 Å². The molecule has 272 valence electrons. The van der Waals surface area contributed by atoms with Gasteiger partial charge in [-0.05, 0) is 97.1 Å². The molecule has 1 heterocycles.